The Hall–Kier alpha value is -5.23. The molecule has 5 heteroatoms. The van der Waals surface area contributed by atoms with Crippen LogP contribution in [0.1, 0.15) is 0 Å². The van der Waals surface area contributed by atoms with E-state index in [4.69, 9.17) is 9.40 Å². The van der Waals surface area contributed by atoms with Crippen LogP contribution < -0.4 is 4.90 Å². The van der Waals surface area contributed by atoms with Crippen LogP contribution in [0.3, 0.4) is 0 Å². The van der Waals surface area contributed by atoms with Crippen LogP contribution in [0, 0.1) is 0 Å². The van der Waals surface area contributed by atoms with Crippen LogP contribution >= 0.6 is 22.7 Å². The normalized spacial score (nSPS) is 12.1. The van der Waals surface area contributed by atoms with Crippen molar-refractivity contribution < 1.29 is 4.42 Å². The lowest BCUT2D eigenvalue weighted by Crippen LogP contribution is -2.10. The maximum Gasteiger partial charge on any atom is 0.137 e. The molecule has 0 aliphatic rings. The highest BCUT2D eigenvalue weighted by Gasteiger charge is 2.22. The fourth-order valence-electron chi connectivity index (χ4n) is 6.74. The number of nitrogens with zero attached hydrogens (tertiary/aromatic N) is 2. The van der Waals surface area contributed by atoms with Crippen LogP contribution in [0.15, 0.2) is 138 Å². The number of thiophene rings is 2. The average Bonchev–Trinajstić information content (AvgIpc) is 3.76. The third-order valence-electron chi connectivity index (χ3n) is 8.73. The standard InChI is InChI=1S/C39H22N2OS2/c1-2-8-26-23(7-1)13-16-30-38-32(21-40-22-37(38)44-39(26)30)41(24-15-18-36-31(19-24)29-10-4-6-12-35(29)43-36)25-14-17-28-27-9-3-5-11-33(27)42-34(28)20-25/h1-22H. The number of rotatable bonds is 3. The topological polar surface area (TPSA) is 29.3 Å². The summed E-state index contributed by atoms with van der Waals surface area (Å²) < 4.78 is 11.4. The average molecular weight is 599 g/mol. The molecule has 0 amide bonds. The van der Waals surface area contributed by atoms with Gasteiger partial charge in [0.15, 0.2) is 0 Å². The number of aromatic nitrogens is 1. The Kier molecular flexibility index (Phi) is 5.03. The van der Waals surface area contributed by atoms with E-state index in [9.17, 15) is 0 Å². The van der Waals surface area contributed by atoms with E-state index in [0.29, 0.717) is 0 Å². The van der Waals surface area contributed by atoms with Gasteiger partial charge in [-0.25, -0.2) is 0 Å². The van der Waals surface area contributed by atoms with Crippen molar-refractivity contribution in [3.63, 3.8) is 0 Å². The first-order chi connectivity index (χ1) is 21.8. The minimum atomic E-state index is 0.872. The van der Waals surface area contributed by atoms with Crippen molar-refractivity contribution in [2.45, 2.75) is 0 Å². The Morgan fingerprint density at radius 2 is 1.23 bits per heavy atom. The van der Waals surface area contributed by atoms with Crippen molar-refractivity contribution in [2.24, 2.45) is 0 Å². The molecule has 0 aliphatic heterocycles. The van der Waals surface area contributed by atoms with Gasteiger partial charge in [-0.05, 0) is 53.2 Å². The van der Waals surface area contributed by atoms with E-state index in [-0.39, 0.29) is 0 Å². The Balaban J connectivity index is 1.29. The van der Waals surface area contributed by atoms with Crippen LogP contribution in [0.4, 0.5) is 17.1 Å². The molecule has 0 radical (unpaired) electrons. The summed E-state index contributed by atoms with van der Waals surface area (Å²) in [4.78, 5) is 7.16. The highest BCUT2D eigenvalue weighted by Crippen LogP contribution is 2.48. The zero-order valence-corrected chi connectivity index (χ0v) is 25.0. The van der Waals surface area contributed by atoms with Crippen LogP contribution in [0.2, 0.25) is 0 Å². The molecule has 0 saturated heterocycles. The summed E-state index contributed by atoms with van der Waals surface area (Å²) in [6.45, 7) is 0. The molecule has 10 aromatic rings. The molecular weight excluding hydrogens is 577 g/mol. The number of fused-ring (bicyclic) bond motifs is 11. The van der Waals surface area contributed by atoms with E-state index in [2.05, 4.69) is 114 Å². The highest BCUT2D eigenvalue weighted by atomic mass is 32.1. The summed E-state index contributed by atoms with van der Waals surface area (Å²) in [5, 5.41) is 9.79. The van der Waals surface area contributed by atoms with Gasteiger partial charge in [-0.1, -0.05) is 72.8 Å². The summed E-state index contributed by atoms with van der Waals surface area (Å²) in [7, 11) is 0. The Morgan fingerprint density at radius 3 is 2.18 bits per heavy atom. The molecule has 0 saturated carbocycles. The highest BCUT2D eigenvalue weighted by molar-refractivity contribution is 7.27. The molecule has 3 nitrogen and oxygen atoms in total. The fourth-order valence-corrected chi connectivity index (χ4v) is 9.05. The first kappa shape index (κ1) is 24.2. The van der Waals surface area contributed by atoms with Gasteiger partial charge in [0.2, 0.25) is 0 Å². The second kappa shape index (κ2) is 9.13. The summed E-state index contributed by atoms with van der Waals surface area (Å²) >= 11 is 3.66. The van der Waals surface area contributed by atoms with Gasteiger partial charge < -0.3 is 9.32 Å². The van der Waals surface area contributed by atoms with Crippen molar-refractivity contribution in [2.75, 3.05) is 4.90 Å². The first-order valence-corrected chi connectivity index (χ1v) is 16.2. The summed E-state index contributed by atoms with van der Waals surface area (Å²) in [5.74, 6) is 0. The molecule has 10 rings (SSSR count). The number of para-hydroxylation sites is 1. The van der Waals surface area contributed by atoms with Gasteiger partial charge in [0.1, 0.15) is 11.2 Å². The molecule has 0 bridgehead atoms. The van der Waals surface area contributed by atoms with Crippen molar-refractivity contribution in [3.8, 4) is 0 Å². The number of anilines is 3. The summed E-state index contributed by atoms with van der Waals surface area (Å²) in [6.07, 6.45) is 4.02. The molecule has 0 fully saturated rings. The fraction of sp³-hybridized carbons (Fsp3) is 0. The first-order valence-electron chi connectivity index (χ1n) is 14.6. The van der Waals surface area contributed by atoms with Crippen molar-refractivity contribution in [3.05, 3.63) is 134 Å². The Labute approximate surface area is 259 Å². The van der Waals surface area contributed by atoms with E-state index in [1.54, 1.807) is 0 Å². The zero-order valence-electron chi connectivity index (χ0n) is 23.3. The Morgan fingerprint density at radius 1 is 0.500 bits per heavy atom. The largest absolute Gasteiger partial charge is 0.456 e. The molecular formula is C39H22N2OS2. The van der Waals surface area contributed by atoms with Gasteiger partial charge in [-0.15, -0.1) is 22.7 Å². The number of pyridine rings is 1. The van der Waals surface area contributed by atoms with Gasteiger partial charge in [-0.3, -0.25) is 4.98 Å². The lowest BCUT2D eigenvalue weighted by atomic mass is 10.0. The monoisotopic (exact) mass is 598 g/mol. The van der Waals surface area contributed by atoms with Crippen molar-refractivity contribution in [1.29, 1.82) is 0 Å². The van der Waals surface area contributed by atoms with E-state index in [0.717, 1.165) is 39.0 Å². The molecule has 0 N–H and O–H groups in total. The lowest BCUT2D eigenvalue weighted by molar-refractivity contribution is 0.669. The van der Waals surface area contributed by atoms with Crippen molar-refractivity contribution in [1.82, 2.24) is 4.98 Å². The predicted molar refractivity (Wildman–Crippen MR) is 189 cm³/mol. The second-order valence-corrected chi connectivity index (χ2v) is 13.3. The van der Waals surface area contributed by atoms with E-state index in [1.165, 1.54) is 51.1 Å². The summed E-state index contributed by atoms with van der Waals surface area (Å²) in [6, 6.07) is 43.5. The SMILES string of the molecule is c1ccc2c(c1)ccc1c2sc2cncc(N(c3ccc4c(c3)oc3ccccc34)c3ccc4sc5ccccc5c4c3)c21. The van der Waals surface area contributed by atoms with E-state index >= 15 is 0 Å². The number of benzene rings is 6. The smallest absolute Gasteiger partial charge is 0.137 e. The van der Waals surface area contributed by atoms with Gasteiger partial charge >= 0.3 is 0 Å². The van der Waals surface area contributed by atoms with Crippen molar-refractivity contribution >= 4 is 113 Å². The molecule has 0 spiro atoms. The number of hydrogen-bond acceptors (Lipinski definition) is 5. The molecule has 4 aromatic heterocycles. The molecule has 0 unspecified atom stereocenters. The quantitative estimate of drug-likeness (QED) is 0.203. The maximum absolute atomic E-state index is 6.38. The maximum atomic E-state index is 6.38. The molecule has 0 atom stereocenters. The Bertz CT molecular complexity index is 2750. The van der Waals surface area contributed by atoms with Gasteiger partial charge in [-0.2, -0.15) is 0 Å². The minimum Gasteiger partial charge on any atom is -0.456 e. The van der Waals surface area contributed by atoms with Crippen LogP contribution in [-0.4, -0.2) is 4.98 Å². The van der Waals surface area contributed by atoms with Crippen LogP contribution in [0.25, 0.3) is 73.1 Å². The molecule has 44 heavy (non-hydrogen) atoms. The third-order valence-corrected chi connectivity index (χ3v) is 11.1. The predicted octanol–water partition coefficient (Wildman–Crippen LogP) is 12.3. The molecule has 206 valence electrons. The second-order valence-electron chi connectivity index (χ2n) is 11.2. The van der Waals surface area contributed by atoms with Crippen LogP contribution in [0.5, 0.6) is 0 Å². The van der Waals surface area contributed by atoms with E-state index in [1.807, 2.05) is 47.2 Å². The van der Waals surface area contributed by atoms with E-state index < -0.39 is 0 Å². The van der Waals surface area contributed by atoms with Crippen LogP contribution in [-0.2, 0) is 0 Å². The number of hydrogen-bond donors (Lipinski definition) is 0. The summed E-state index contributed by atoms with van der Waals surface area (Å²) in [5.41, 5.74) is 4.95. The molecule has 6 aromatic carbocycles. The van der Waals surface area contributed by atoms with Gasteiger partial charge in [0.05, 0.1) is 16.6 Å². The molecule has 4 heterocycles. The zero-order chi connectivity index (χ0) is 28.8. The number of furan rings is 1. The lowest BCUT2D eigenvalue weighted by Gasteiger charge is -2.26. The third kappa shape index (κ3) is 3.45. The van der Waals surface area contributed by atoms with Gasteiger partial charge in [0.25, 0.3) is 0 Å². The molecule has 0 aliphatic carbocycles. The minimum absolute atomic E-state index is 0.872. The van der Waals surface area contributed by atoms with Gasteiger partial charge in [0, 0.05) is 70.1 Å².